The molecule has 0 bridgehead atoms. The molecule has 3 amide bonds. The first kappa shape index (κ1) is 20.8. The summed E-state index contributed by atoms with van der Waals surface area (Å²) in [4.78, 5) is 38.7. The van der Waals surface area contributed by atoms with Crippen LogP contribution in [0.4, 0.5) is 11.7 Å². The smallest absolute Gasteiger partial charge is 0.322 e. The minimum Gasteiger partial charge on any atom is -0.403 e. The minimum atomic E-state index is -0.486. The van der Waals surface area contributed by atoms with E-state index < -0.39 is 5.91 Å². The number of hydrogen-bond donors (Lipinski definition) is 1. The Labute approximate surface area is 183 Å². The average molecular weight is 436 g/mol. The van der Waals surface area contributed by atoms with E-state index in [0.717, 1.165) is 15.4 Å². The lowest BCUT2D eigenvalue weighted by Crippen LogP contribution is -2.28. The highest BCUT2D eigenvalue weighted by Gasteiger charge is 2.30. The van der Waals surface area contributed by atoms with Gasteiger partial charge in [-0.05, 0) is 42.5 Å². The Morgan fingerprint density at radius 1 is 1.06 bits per heavy atom. The van der Waals surface area contributed by atoms with Crippen molar-refractivity contribution in [1.82, 2.24) is 10.2 Å². The molecule has 1 N–H and O–H groups in total. The van der Waals surface area contributed by atoms with E-state index in [1.807, 2.05) is 24.3 Å². The van der Waals surface area contributed by atoms with Gasteiger partial charge < -0.3 is 4.42 Å². The summed E-state index contributed by atoms with van der Waals surface area (Å²) < 4.78 is 5.57. The summed E-state index contributed by atoms with van der Waals surface area (Å²) in [7, 11) is 0. The first-order chi connectivity index (χ1) is 14.9. The Morgan fingerprint density at radius 3 is 2.45 bits per heavy atom. The highest BCUT2D eigenvalue weighted by atomic mass is 32.2. The zero-order valence-electron chi connectivity index (χ0n) is 17.0. The predicted octanol–water partition coefficient (Wildman–Crippen LogP) is 4.14. The number of thioether (sulfide) groups is 1. The second-order valence-electron chi connectivity index (χ2n) is 7.23. The molecule has 158 valence electrons. The summed E-state index contributed by atoms with van der Waals surface area (Å²) in [5, 5.41) is 10.9. The third kappa shape index (κ3) is 4.66. The summed E-state index contributed by atoms with van der Waals surface area (Å²) in [6.07, 6.45) is 0.355. The van der Waals surface area contributed by atoms with Gasteiger partial charge >= 0.3 is 6.01 Å². The molecule has 1 fully saturated rings. The highest BCUT2D eigenvalue weighted by molar-refractivity contribution is 7.99. The molecule has 0 spiro atoms. The maximum Gasteiger partial charge on any atom is 0.322 e. The number of imide groups is 1. The fourth-order valence-electron chi connectivity index (χ4n) is 3.16. The number of amides is 3. The van der Waals surface area contributed by atoms with Crippen molar-refractivity contribution in [2.75, 3.05) is 10.2 Å². The normalized spacial score (nSPS) is 13.8. The van der Waals surface area contributed by atoms with Gasteiger partial charge in [-0.2, -0.15) is 0 Å². The highest BCUT2D eigenvalue weighted by Crippen LogP contribution is 2.27. The van der Waals surface area contributed by atoms with Crippen molar-refractivity contribution in [2.45, 2.75) is 36.8 Å². The summed E-state index contributed by atoms with van der Waals surface area (Å²) in [6.45, 7) is 4.25. The molecule has 0 saturated carbocycles. The predicted molar refractivity (Wildman–Crippen MR) is 117 cm³/mol. The van der Waals surface area contributed by atoms with Crippen molar-refractivity contribution in [3.05, 3.63) is 54.1 Å². The molecule has 0 unspecified atom stereocenters. The van der Waals surface area contributed by atoms with Crippen LogP contribution in [0, 0.1) is 0 Å². The molecule has 0 atom stereocenters. The number of hydrogen-bond acceptors (Lipinski definition) is 7. The van der Waals surface area contributed by atoms with E-state index >= 15 is 0 Å². The molecule has 1 saturated heterocycles. The molecular formula is C22H20N4O4S. The summed E-state index contributed by atoms with van der Waals surface area (Å²) in [6, 6.07) is 14.0. The van der Waals surface area contributed by atoms with Crippen molar-refractivity contribution < 1.29 is 18.8 Å². The lowest BCUT2D eigenvalue weighted by atomic mass is 10.2. The third-order valence-corrected chi connectivity index (χ3v) is 5.55. The van der Waals surface area contributed by atoms with Crippen LogP contribution in [-0.2, 0) is 9.59 Å². The number of benzene rings is 2. The number of nitrogens with zero attached hydrogens (tertiary/aromatic N) is 3. The summed E-state index contributed by atoms with van der Waals surface area (Å²) in [5.41, 5.74) is 1.37. The van der Waals surface area contributed by atoms with Crippen LogP contribution in [0.2, 0.25) is 0 Å². The van der Waals surface area contributed by atoms with Gasteiger partial charge in [0.2, 0.25) is 17.7 Å². The monoisotopic (exact) mass is 436 g/mol. The number of carbonyl (C=O) groups is 3. The first-order valence-corrected chi connectivity index (χ1v) is 10.7. The molecular weight excluding hydrogens is 416 g/mol. The number of anilines is 2. The van der Waals surface area contributed by atoms with Crippen molar-refractivity contribution in [3.8, 4) is 11.5 Å². The molecule has 31 heavy (non-hydrogen) atoms. The van der Waals surface area contributed by atoms with Crippen LogP contribution in [-0.4, -0.2) is 33.2 Å². The molecule has 1 aromatic heterocycles. The molecule has 4 rings (SSSR count). The Kier molecular flexibility index (Phi) is 5.85. The van der Waals surface area contributed by atoms with Crippen molar-refractivity contribution in [1.29, 1.82) is 0 Å². The van der Waals surface area contributed by atoms with E-state index in [1.165, 1.54) is 6.07 Å². The fraction of sp³-hybridized carbons (Fsp3) is 0.227. The van der Waals surface area contributed by atoms with E-state index in [1.54, 1.807) is 30.0 Å². The van der Waals surface area contributed by atoms with E-state index in [-0.39, 0.29) is 36.2 Å². The quantitative estimate of drug-likeness (QED) is 0.457. The van der Waals surface area contributed by atoms with E-state index in [0.29, 0.717) is 16.8 Å². The topological polar surface area (TPSA) is 105 Å². The van der Waals surface area contributed by atoms with Crippen LogP contribution >= 0.6 is 11.8 Å². The van der Waals surface area contributed by atoms with Gasteiger partial charge in [0.25, 0.3) is 5.91 Å². The maximum atomic E-state index is 12.6. The van der Waals surface area contributed by atoms with Gasteiger partial charge in [-0.15, -0.1) is 16.9 Å². The SMILES string of the molecule is CC(C)Sc1ccc(-c2nnc(NC(=O)c3cccc(N4C(=O)CCC4=O)c3)o2)cc1. The zero-order valence-corrected chi connectivity index (χ0v) is 17.8. The summed E-state index contributed by atoms with van der Waals surface area (Å²) >= 11 is 1.75. The van der Waals surface area contributed by atoms with Crippen LogP contribution < -0.4 is 10.2 Å². The standard InChI is InChI=1S/C22H20N4O4S/c1-13(2)31-17-8-6-14(7-9-17)21-24-25-22(30-21)23-20(29)15-4-3-5-16(12-15)26-18(27)10-11-19(26)28/h3-9,12-13H,10-11H2,1-2H3,(H,23,25,29). The van der Waals surface area contributed by atoms with E-state index in [4.69, 9.17) is 4.42 Å². The maximum absolute atomic E-state index is 12.6. The van der Waals surface area contributed by atoms with Gasteiger partial charge in [-0.3, -0.25) is 24.6 Å². The van der Waals surface area contributed by atoms with Crippen molar-refractivity contribution in [3.63, 3.8) is 0 Å². The molecule has 1 aliphatic rings. The lowest BCUT2D eigenvalue weighted by molar-refractivity contribution is -0.121. The Balaban J connectivity index is 1.46. The molecule has 0 aliphatic carbocycles. The largest absolute Gasteiger partial charge is 0.403 e. The Hall–Kier alpha value is -3.46. The minimum absolute atomic E-state index is 0.0423. The van der Waals surface area contributed by atoms with Crippen LogP contribution in [0.25, 0.3) is 11.5 Å². The van der Waals surface area contributed by atoms with Crippen LogP contribution in [0.15, 0.2) is 57.8 Å². The molecule has 2 heterocycles. The first-order valence-electron chi connectivity index (χ1n) is 9.78. The average Bonchev–Trinajstić information content (AvgIpc) is 3.34. The van der Waals surface area contributed by atoms with Crippen LogP contribution in [0.1, 0.15) is 37.0 Å². The van der Waals surface area contributed by atoms with Crippen LogP contribution in [0.3, 0.4) is 0 Å². The van der Waals surface area contributed by atoms with Gasteiger partial charge in [-0.25, -0.2) is 0 Å². The second kappa shape index (κ2) is 8.73. The Bertz CT molecular complexity index is 1120. The fourth-order valence-corrected chi connectivity index (χ4v) is 4.00. The number of aromatic nitrogens is 2. The van der Waals surface area contributed by atoms with Gasteiger partial charge in [0.15, 0.2) is 0 Å². The van der Waals surface area contributed by atoms with Crippen LogP contribution in [0.5, 0.6) is 0 Å². The summed E-state index contributed by atoms with van der Waals surface area (Å²) in [5.74, 6) is -0.748. The van der Waals surface area contributed by atoms with Crippen molar-refractivity contribution >= 4 is 41.2 Å². The number of rotatable bonds is 6. The molecule has 0 radical (unpaired) electrons. The van der Waals surface area contributed by atoms with Gasteiger partial charge in [0.1, 0.15) is 0 Å². The number of carbonyl (C=O) groups excluding carboxylic acids is 3. The molecule has 2 aromatic carbocycles. The van der Waals surface area contributed by atoms with E-state index in [2.05, 4.69) is 29.4 Å². The Morgan fingerprint density at radius 2 is 1.77 bits per heavy atom. The van der Waals surface area contributed by atoms with Gasteiger partial charge in [0, 0.05) is 34.1 Å². The molecule has 9 heteroatoms. The molecule has 3 aromatic rings. The van der Waals surface area contributed by atoms with Crippen molar-refractivity contribution in [2.24, 2.45) is 0 Å². The number of nitrogens with one attached hydrogen (secondary N) is 1. The molecule has 1 aliphatic heterocycles. The second-order valence-corrected chi connectivity index (χ2v) is 8.88. The third-order valence-electron chi connectivity index (χ3n) is 4.54. The van der Waals surface area contributed by atoms with Gasteiger partial charge in [0.05, 0.1) is 5.69 Å². The zero-order chi connectivity index (χ0) is 22.0. The molecule has 8 nitrogen and oxygen atoms in total. The van der Waals surface area contributed by atoms with E-state index in [9.17, 15) is 14.4 Å². The lowest BCUT2D eigenvalue weighted by Gasteiger charge is -2.14. The van der Waals surface area contributed by atoms with Gasteiger partial charge in [-0.1, -0.05) is 25.0 Å².